The Labute approximate surface area is 286 Å². The minimum atomic E-state index is -1.01. The summed E-state index contributed by atoms with van der Waals surface area (Å²) in [4.78, 5) is 39.3. The lowest BCUT2D eigenvalue weighted by molar-refractivity contribution is -0.125. The molecule has 0 spiro atoms. The molecule has 3 amide bonds. The lowest BCUT2D eigenvalue weighted by Gasteiger charge is -2.32. The fourth-order valence-electron chi connectivity index (χ4n) is 5.78. The van der Waals surface area contributed by atoms with Crippen LogP contribution in [0.2, 0.25) is 0 Å². The first-order valence-corrected chi connectivity index (χ1v) is 17.2. The molecule has 4 unspecified atom stereocenters. The van der Waals surface area contributed by atoms with Crippen molar-refractivity contribution in [3.63, 3.8) is 0 Å². The number of amides is 3. The number of benzene rings is 2. The van der Waals surface area contributed by atoms with Gasteiger partial charge in [0.05, 0.1) is 31.4 Å². The SMILES string of the molecule is CCCCNC(=O)C(C)CC(O)C(CC(CNC(=O)c1cn(Cc2ccccc2OC)c2ccccc12)C(C)C)NC(=O)OC(C)(C)C. The molecular weight excluding hydrogens is 608 g/mol. The molecule has 0 saturated heterocycles. The van der Waals surface area contributed by atoms with Gasteiger partial charge < -0.3 is 35.1 Å². The number of alkyl carbamates (subject to hydrolysis) is 1. The van der Waals surface area contributed by atoms with Crippen molar-refractivity contribution < 1.29 is 29.0 Å². The van der Waals surface area contributed by atoms with Crippen LogP contribution in [0.15, 0.2) is 54.7 Å². The van der Waals surface area contributed by atoms with Gasteiger partial charge in [0, 0.05) is 41.7 Å². The molecule has 1 aromatic heterocycles. The molecule has 264 valence electrons. The zero-order valence-electron chi connectivity index (χ0n) is 30.0. The molecule has 10 nitrogen and oxygen atoms in total. The van der Waals surface area contributed by atoms with E-state index in [1.165, 1.54) is 0 Å². The number of carbonyl (C=O) groups is 3. The summed E-state index contributed by atoms with van der Waals surface area (Å²) in [6, 6.07) is 14.9. The van der Waals surface area contributed by atoms with Crippen LogP contribution in [0.25, 0.3) is 10.9 Å². The summed E-state index contributed by atoms with van der Waals surface area (Å²) >= 11 is 0. The highest BCUT2D eigenvalue weighted by molar-refractivity contribution is 6.07. The topological polar surface area (TPSA) is 131 Å². The van der Waals surface area contributed by atoms with Gasteiger partial charge in [-0.3, -0.25) is 9.59 Å². The molecule has 0 bridgehead atoms. The van der Waals surface area contributed by atoms with Gasteiger partial charge >= 0.3 is 6.09 Å². The maximum absolute atomic E-state index is 13.7. The highest BCUT2D eigenvalue weighted by atomic mass is 16.6. The summed E-state index contributed by atoms with van der Waals surface area (Å²) < 4.78 is 13.1. The van der Waals surface area contributed by atoms with E-state index in [2.05, 4.69) is 41.3 Å². The normalized spacial score (nSPS) is 14.2. The number of nitrogens with zero attached hydrogens (tertiary/aromatic N) is 1. The average molecular weight is 665 g/mol. The first-order valence-electron chi connectivity index (χ1n) is 17.2. The van der Waals surface area contributed by atoms with Gasteiger partial charge in [-0.2, -0.15) is 0 Å². The van der Waals surface area contributed by atoms with E-state index in [1.807, 2.05) is 54.7 Å². The summed E-state index contributed by atoms with van der Waals surface area (Å²) in [5, 5.41) is 21.1. The van der Waals surface area contributed by atoms with E-state index < -0.39 is 29.8 Å². The molecule has 0 fully saturated rings. The second-order valence-electron chi connectivity index (χ2n) is 14.1. The molecule has 0 radical (unpaired) electrons. The molecule has 2 aromatic carbocycles. The fourth-order valence-corrected chi connectivity index (χ4v) is 5.78. The van der Waals surface area contributed by atoms with Crippen LogP contribution >= 0.6 is 0 Å². The maximum atomic E-state index is 13.7. The van der Waals surface area contributed by atoms with E-state index >= 15 is 0 Å². The van der Waals surface area contributed by atoms with Gasteiger partial charge in [0.1, 0.15) is 11.4 Å². The minimum Gasteiger partial charge on any atom is -0.496 e. The zero-order chi connectivity index (χ0) is 35.4. The Morgan fingerprint density at radius 1 is 0.958 bits per heavy atom. The van der Waals surface area contributed by atoms with Crippen molar-refractivity contribution in [2.45, 2.75) is 98.4 Å². The Hall–Kier alpha value is -4.05. The van der Waals surface area contributed by atoms with E-state index in [1.54, 1.807) is 34.8 Å². The van der Waals surface area contributed by atoms with Gasteiger partial charge in [0.15, 0.2) is 0 Å². The minimum absolute atomic E-state index is 0.0980. The Balaban J connectivity index is 1.78. The van der Waals surface area contributed by atoms with Crippen LogP contribution in [0.4, 0.5) is 4.79 Å². The second-order valence-corrected chi connectivity index (χ2v) is 14.1. The molecule has 3 rings (SSSR count). The monoisotopic (exact) mass is 664 g/mol. The summed E-state index contributed by atoms with van der Waals surface area (Å²) in [6.07, 6.45) is 2.63. The standard InChI is InChI=1S/C38H56N4O6/c1-9-10-19-39-35(44)26(4)20-33(43)31(41-37(46)48-38(5,6)7)21-28(25(2)3)22-40-36(45)30-24-42(32-17-13-12-16-29(30)32)23-27-15-11-14-18-34(27)47-8/h11-18,24-26,28,31,33,43H,9-10,19-23H2,1-8H3,(H,39,44)(H,40,45)(H,41,46). The van der Waals surface area contributed by atoms with Gasteiger partial charge in [-0.1, -0.05) is 70.5 Å². The van der Waals surface area contributed by atoms with E-state index in [0.29, 0.717) is 31.6 Å². The van der Waals surface area contributed by atoms with Crippen LogP contribution in [0.3, 0.4) is 0 Å². The molecule has 4 atom stereocenters. The van der Waals surface area contributed by atoms with Crippen molar-refractivity contribution >= 4 is 28.8 Å². The smallest absolute Gasteiger partial charge is 0.407 e. The molecule has 10 heteroatoms. The van der Waals surface area contributed by atoms with E-state index in [4.69, 9.17) is 9.47 Å². The Morgan fingerprint density at radius 3 is 2.31 bits per heavy atom. The van der Waals surface area contributed by atoms with Crippen LogP contribution in [0, 0.1) is 17.8 Å². The van der Waals surface area contributed by atoms with Crippen LogP contribution in [0.1, 0.15) is 90.1 Å². The number of aliphatic hydroxyl groups excluding tert-OH is 1. The third-order valence-electron chi connectivity index (χ3n) is 8.63. The largest absolute Gasteiger partial charge is 0.496 e. The number of para-hydroxylation sites is 2. The zero-order valence-corrected chi connectivity index (χ0v) is 30.0. The molecule has 1 heterocycles. The Kier molecular flexibility index (Phi) is 14.3. The molecule has 48 heavy (non-hydrogen) atoms. The number of nitrogens with one attached hydrogen (secondary N) is 3. The third kappa shape index (κ3) is 11.3. The molecule has 0 aliphatic rings. The van der Waals surface area contributed by atoms with Gasteiger partial charge in [-0.15, -0.1) is 0 Å². The van der Waals surface area contributed by atoms with Crippen molar-refractivity contribution in [1.82, 2.24) is 20.5 Å². The predicted molar refractivity (Wildman–Crippen MR) is 190 cm³/mol. The number of ether oxygens (including phenoxy) is 2. The van der Waals surface area contributed by atoms with Crippen molar-refractivity contribution in [2.75, 3.05) is 20.2 Å². The van der Waals surface area contributed by atoms with Gasteiger partial charge in [0.25, 0.3) is 5.91 Å². The van der Waals surface area contributed by atoms with Crippen LogP contribution in [-0.2, 0) is 16.1 Å². The average Bonchev–Trinajstić information content (AvgIpc) is 3.39. The number of fused-ring (bicyclic) bond motifs is 1. The molecular formula is C38H56N4O6. The number of rotatable bonds is 17. The quantitative estimate of drug-likeness (QED) is 0.126. The summed E-state index contributed by atoms with van der Waals surface area (Å²) in [6.45, 7) is 14.7. The number of aromatic nitrogens is 1. The Bertz CT molecular complexity index is 1490. The molecule has 0 saturated carbocycles. The Morgan fingerprint density at radius 2 is 1.65 bits per heavy atom. The van der Waals surface area contributed by atoms with Gasteiger partial charge in [-0.05, 0) is 64.0 Å². The van der Waals surface area contributed by atoms with E-state index in [0.717, 1.165) is 35.1 Å². The maximum Gasteiger partial charge on any atom is 0.407 e. The molecule has 0 aliphatic carbocycles. The molecule has 0 aliphatic heterocycles. The van der Waals surface area contributed by atoms with Crippen molar-refractivity contribution in [3.8, 4) is 5.75 Å². The number of carbonyl (C=O) groups excluding carboxylic acids is 3. The predicted octanol–water partition coefficient (Wildman–Crippen LogP) is 6.29. The lowest BCUT2D eigenvalue weighted by Crippen LogP contribution is -2.49. The summed E-state index contributed by atoms with van der Waals surface area (Å²) in [5.41, 5.74) is 1.78. The number of unbranched alkanes of at least 4 members (excludes halogenated alkanes) is 1. The van der Waals surface area contributed by atoms with Crippen molar-refractivity contribution in [2.24, 2.45) is 17.8 Å². The first kappa shape index (κ1) is 38.4. The van der Waals surface area contributed by atoms with Crippen molar-refractivity contribution in [1.29, 1.82) is 0 Å². The van der Waals surface area contributed by atoms with Crippen molar-refractivity contribution in [3.05, 3.63) is 65.9 Å². The van der Waals surface area contributed by atoms with Gasteiger partial charge in [-0.25, -0.2) is 4.79 Å². The summed E-state index contributed by atoms with van der Waals surface area (Å²) in [5.74, 6) is 0.0111. The second kappa shape index (κ2) is 17.9. The van der Waals surface area contributed by atoms with Gasteiger partial charge in [0.2, 0.25) is 5.91 Å². The first-order chi connectivity index (χ1) is 22.7. The highest BCUT2D eigenvalue weighted by Crippen LogP contribution is 2.26. The van der Waals surface area contributed by atoms with E-state index in [9.17, 15) is 19.5 Å². The van der Waals surface area contributed by atoms with Crippen LogP contribution in [0.5, 0.6) is 5.75 Å². The highest BCUT2D eigenvalue weighted by Gasteiger charge is 2.31. The number of aliphatic hydroxyl groups is 1. The number of hydrogen-bond donors (Lipinski definition) is 4. The summed E-state index contributed by atoms with van der Waals surface area (Å²) in [7, 11) is 1.65. The number of methoxy groups -OCH3 is 1. The molecule has 3 aromatic rings. The van der Waals surface area contributed by atoms with Crippen LogP contribution in [-0.4, -0.2) is 65.5 Å². The number of hydrogen-bond acceptors (Lipinski definition) is 6. The lowest BCUT2D eigenvalue weighted by atomic mass is 9.85. The fraction of sp³-hybridized carbons (Fsp3) is 0.553. The third-order valence-corrected chi connectivity index (χ3v) is 8.63. The van der Waals surface area contributed by atoms with Crippen LogP contribution < -0.4 is 20.7 Å². The molecule has 4 N–H and O–H groups in total. The van der Waals surface area contributed by atoms with E-state index in [-0.39, 0.29) is 30.1 Å².